The second-order valence-corrected chi connectivity index (χ2v) is 4.07. The van der Waals surface area contributed by atoms with Crippen LogP contribution in [0.25, 0.3) is 0 Å². The molecule has 0 amide bonds. The molecule has 2 rings (SSSR count). The van der Waals surface area contributed by atoms with Crippen LogP contribution in [0.1, 0.15) is 30.4 Å². The van der Waals surface area contributed by atoms with Crippen LogP contribution in [0.5, 0.6) is 0 Å². The van der Waals surface area contributed by atoms with E-state index in [1.807, 2.05) is 24.3 Å². The topological polar surface area (TPSA) is 29.5 Å². The second-order valence-electron chi connectivity index (χ2n) is 4.07. The van der Waals surface area contributed by atoms with Gasteiger partial charge in [0.2, 0.25) is 0 Å². The van der Waals surface area contributed by atoms with Crippen LogP contribution in [0.3, 0.4) is 0 Å². The Morgan fingerprint density at radius 3 is 3.00 bits per heavy atom. The fourth-order valence-electron chi connectivity index (χ4n) is 2.39. The van der Waals surface area contributed by atoms with E-state index in [0.717, 1.165) is 31.2 Å². The van der Waals surface area contributed by atoms with Crippen molar-refractivity contribution in [2.24, 2.45) is 0 Å². The Kier molecular flexibility index (Phi) is 2.89. The van der Waals surface area contributed by atoms with Gasteiger partial charge in [0.15, 0.2) is 0 Å². The van der Waals surface area contributed by atoms with Crippen molar-refractivity contribution >= 4 is 0 Å². The molecule has 0 radical (unpaired) electrons. The van der Waals surface area contributed by atoms with Gasteiger partial charge in [-0.1, -0.05) is 30.3 Å². The number of hydrogen-bond acceptors (Lipinski definition) is 2. The van der Waals surface area contributed by atoms with Gasteiger partial charge in [-0.25, -0.2) is 4.89 Å². The van der Waals surface area contributed by atoms with Gasteiger partial charge in [0.1, 0.15) is 5.60 Å². The highest BCUT2D eigenvalue weighted by atomic mass is 17.1. The van der Waals surface area contributed by atoms with Crippen LogP contribution in [-0.4, -0.2) is 5.26 Å². The predicted molar refractivity (Wildman–Crippen MR) is 59.6 cm³/mol. The first-order valence-corrected chi connectivity index (χ1v) is 5.34. The molecule has 2 heteroatoms. The summed E-state index contributed by atoms with van der Waals surface area (Å²) in [6.07, 6.45) is 5.35. The van der Waals surface area contributed by atoms with Crippen LogP contribution in [-0.2, 0) is 16.9 Å². The molecule has 1 aromatic rings. The molecule has 2 nitrogen and oxygen atoms in total. The van der Waals surface area contributed by atoms with Gasteiger partial charge in [-0.2, -0.15) is 0 Å². The molecule has 0 spiro atoms. The lowest BCUT2D eigenvalue weighted by molar-refractivity contribution is -0.330. The number of fused-ring (bicyclic) bond motifs is 1. The van der Waals surface area contributed by atoms with Crippen LogP contribution >= 0.6 is 0 Å². The molecule has 0 saturated heterocycles. The molecule has 0 heterocycles. The first-order chi connectivity index (χ1) is 7.32. The molecule has 15 heavy (non-hydrogen) atoms. The molecule has 0 aliphatic heterocycles. The van der Waals surface area contributed by atoms with Crippen LogP contribution in [0.4, 0.5) is 0 Å². The Balaban J connectivity index is 2.32. The summed E-state index contributed by atoms with van der Waals surface area (Å²) in [6, 6.07) is 8.16. The highest BCUT2D eigenvalue weighted by Crippen LogP contribution is 2.42. The fourth-order valence-corrected chi connectivity index (χ4v) is 2.39. The van der Waals surface area contributed by atoms with E-state index in [2.05, 4.69) is 12.6 Å². The van der Waals surface area contributed by atoms with Gasteiger partial charge in [-0.15, -0.1) is 6.58 Å². The SMILES string of the molecule is C=CCCC1(OO)CCc2ccccc21. The van der Waals surface area contributed by atoms with E-state index in [-0.39, 0.29) is 0 Å². The minimum Gasteiger partial charge on any atom is -0.251 e. The maximum atomic E-state index is 9.16. The van der Waals surface area contributed by atoms with Crippen LogP contribution in [0.15, 0.2) is 36.9 Å². The lowest BCUT2D eigenvalue weighted by atomic mass is 9.91. The first kappa shape index (κ1) is 10.4. The zero-order chi connectivity index (χ0) is 10.7. The lowest BCUT2D eigenvalue weighted by Crippen LogP contribution is -2.25. The van der Waals surface area contributed by atoms with Crippen molar-refractivity contribution in [3.05, 3.63) is 48.0 Å². The molecule has 1 N–H and O–H groups in total. The third-order valence-corrected chi connectivity index (χ3v) is 3.23. The molecule has 0 bridgehead atoms. The zero-order valence-electron chi connectivity index (χ0n) is 8.78. The monoisotopic (exact) mass is 204 g/mol. The van der Waals surface area contributed by atoms with E-state index in [4.69, 9.17) is 10.1 Å². The molecule has 80 valence electrons. The van der Waals surface area contributed by atoms with E-state index in [0.29, 0.717) is 0 Å². The summed E-state index contributed by atoms with van der Waals surface area (Å²) in [6.45, 7) is 3.71. The predicted octanol–water partition coefficient (Wildman–Crippen LogP) is 3.28. The number of aryl methyl sites for hydroxylation is 1. The minimum atomic E-state index is -0.495. The molecule has 1 aliphatic carbocycles. The van der Waals surface area contributed by atoms with E-state index < -0.39 is 5.60 Å². The summed E-state index contributed by atoms with van der Waals surface area (Å²) in [7, 11) is 0. The van der Waals surface area contributed by atoms with Crippen molar-refractivity contribution in [2.45, 2.75) is 31.3 Å². The molecule has 0 aromatic heterocycles. The smallest absolute Gasteiger partial charge is 0.129 e. The lowest BCUT2D eigenvalue weighted by Gasteiger charge is -2.26. The second kappa shape index (κ2) is 4.17. The van der Waals surface area contributed by atoms with Gasteiger partial charge in [-0.05, 0) is 36.8 Å². The molecule has 1 unspecified atom stereocenters. The Hall–Kier alpha value is -1.12. The van der Waals surface area contributed by atoms with Crippen molar-refractivity contribution in [3.63, 3.8) is 0 Å². The average molecular weight is 204 g/mol. The minimum absolute atomic E-state index is 0.495. The van der Waals surface area contributed by atoms with Crippen molar-refractivity contribution in [2.75, 3.05) is 0 Å². The summed E-state index contributed by atoms with van der Waals surface area (Å²) in [4.78, 5) is 4.78. The quantitative estimate of drug-likeness (QED) is 0.463. The maximum absolute atomic E-state index is 9.16. The van der Waals surface area contributed by atoms with E-state index >= 15 is 0 Å². The van der Waals surface area contributed by atoms with Crippen LogP contribution in [0, 0.1) is 0 Å². The van der Waals surface area contributed by atoms with Gasteiger partial charge < -0.3 is 0 Å². The van der Waals surface area contributed by atoms with E-state index in [1.54, 1.807) is 0 Å². The number of benzene rings is 1. The van der Waals surface area contributed by atoms with Crippen LogP contribution < -0.4 is 0 Å². The van der Waals surface area contributed by atoms with E-state index in [1.165, 1.54) is 5.56 Å². The van der Waals surface area contributed by atoms with Gasteiger partial charge in [0.05, 0.1) is 0 Å². The van der Waals surface area contributed by atoms with Gasteiger partial charge in [0, 0.05) is 0 Å². The Morgan fingerprint density at radius 2 is 2.27 bits per heavy atom. The fraction of sp³-hybridized carbons (Fsp3) is 0.385. The van der Waals surface area contributed by atoms with Crippen LogP contribution in [0.2, 0.25) is 0 Å². The third-order valence-electron chi connectivity index (χ3n) is 3.23. The van der Waals surface area contributed by atoms with Gasteiger partial charge >= 0.3 is 0 Å². The average Bonchev–Trinajstić information content (AvgIpc) is 2.66. The third kappa shape index (κ3) is 1.71. The van der Waals surface area contributed by atoms with Gasteiger partial charge in [-0.3, -0.25) is 5.26 Å². The first-order valence-electron chi connectivity index (χ1n) is 5.34. The Bertz CT molecular complexity index is 359. The molecule has 1 aromatic carbocycles. The summed E-state index contributed by atoms with van der Waals surface area (Å²) < 4.78 is 0. The summed E-state index contributed by atoms with van der Waals surface area (Å²) in [5, 5.41) is 9.16. The van der Waals surface area contributed by atoms with Gasteiger partial charge in [0.25, 0.3) is 0 Å². The highest BCUT2D eigenvalue weighted by molar-refractivity contribution is 5.37. The molecule has 1 aliphatic rings. The van der Waals surface area contributed by atoms with Crippen molar-refractivity contribution in [1.82, 2.24) is 0 Å². The number of allylic oxidation sites excluding steroid dienone is 1. The molecular formula is C13H16O2. The summed E-state index contributed by atoms with van der Waals surface area (Å²) in [5.41, 5.74) is 1.93. The highest BCUT2D eigenvalue weighted by Gasteiger charge is 2.39. The van der Waals surface area contributed by atoms with Crippen molar-refractivity contribution in [1.29, 1.82) is 0 Å². The number of rotatable bonds is 4. The standard InChI is InChI=1S/C13H16O2/c1-2-3-9-13(15-14)10-8-11-6-4-5-7-12(11)13/h2,4-7,14H,1,3,8-10H2. The maximum Gasteiger partial charge on any atom is 0.129 e. The molecule has 0 fully saturated rings. The zero-order valence-corrected chi connectivity index (χ0v) is 8.78. The van der Waals surface area contributed by atoms with E-state index in [9.17, 15) is 0 Å². The molecule has 1 atom stereocenters. The summed E-state index contributed by atoms with van der Waals surface area (Å²) >= 11 is 0. The summed E-state index contributed by atoms with van der Waals surface area (Å²) in [5.74, 6) is 0. The molecule has 0 saturated carbocycles. The normalized spacial score (nSPS) is 23.8. The van der Waals surface area contributed by atoms with Crippen molar-refractivity contribution < 1.29 is 10.1 Å². The largest absolute Gasteiger partial charge is 0.251 e. The Morgan fingerprint density at radius 1 is 1.47 bits per heavy atom. The molecular weight excluding hydrogens is 188 g/mol. The Labute approximate surface area is 90.1 Å². The number of hydrogen-bond donors (Lipinski definition) is 1. The van der Waals surface area contributed by atoms with Crippen molar-refractivity contribution in [3.8, 4) is 0 Å².